The van der Waals surface area contributed by atoms with Crippen LogP contribution < -0.4 is 0 Å². The van der Waals surface area contributed by atoms with E-state index in [9.17, 15) is 9.59 Å². The van der Waals surface area contributed by atoms with E-state index < -0.39 is 5.41 Å². The van der Waals surface area contributed by atoms with Gasteiger partial charge in [-0.1, -0.05) is 30.4 Å². The number of benzene rings is 1. The monoisotopic (exact) mass is 366 g/mol. The zero-order chi connectivity index (χ0) is 19.3. The molecule has 3 rings (SSSR count). The number of esters is 1. The lowest BCUT2D eigenvalue weighted by Crippen LogP contribution is -2.30. The third-order valence-electron chi connectivity index (χ3n) is 4.60. The van der Waals surface area contributed by atoms with E-state index in [1.807, 2.05) is 25.1 Å². The van der Waals surface area contributed by atoms with Crippen LogP contribution in [0.1, 0.15) is 30.1 Å². The van der Waals surface area contributed by atoms with Gasteiger partial charge in [-0.05, 0) is 43.5 Å². The normalized spacial score (nSPS) is 21.4. The zero-order valence-corrected chi connectivity index (χ0v) is 15.3. The number of fused-ring (bicyclic) bond motifs is 1. The van der Waals surface area contributed by atoms with Gasteiger partial charge in [0.15, 0.2) is 17.3 Å². The maximum absolute atomic E-state index is 12.7. The molecule has 0 bridgehead atoms. The number of hydrogen-bond acceptors (Lipinski definition) is 5. The molecule has 0 N–H and O–H groups in total. The molecule has 1 atom stereocenters. The van der Waals surface area contributed by atoms with Crippen LogP contribution in [0.2, 0.25) is 0 Å². The van der Waals surface area contributed by atoms with Crippen LogP contribution in [-0.2, 0) is 19.0 Å². The predicted molar refractivity (Wildman–Crippen MR) is 101 cm³/mol. The maximum atomic E-state index is 12.7. The highest BCUT2D eigenvalue weighted by atomic mass is 16.7. The van der Waals surface area contributed by atoms with E-state index in [1.54, 1.807) is 30.3 Å². The van der Waals surface area contributed by atoms with Crippen LogP contribution in [0.4, 0.5) is 0 Å². The SMILES string of the molecule is C=CC[C@@]1(C/C=C(/C)COC(=O)c2ccccc2)C=C2OCOC2=CC1=O. The van der Waals surface area contributed by atoms with Crippen molar-refractivity contribution in [3.8, 4) is 0 Å². The average molecular weight is 366 g/mol. The summed E-state index contributed by atoms with van der Waals surface area (Å²) in [5.74, 6) is 0.663. The van der Waals surface area contributed by atoms with Gasteiger partial charge in [-0.2, -0.15) is 0 Å². The molecule has 1 saturated heterocycles. The van der Waals surface area contributed by atoms with Crippen LogP contribution in [0.15, 0.2) is 78.3 Å². The quantitative estimate of drug-likeness (QED) is 0.537. The molecular formula is C22H22O5. The summed E-state index contributed by atoms with van der Waals surface area (Å²) in [5.41, 5.74) is 0.628. The summed E-state index contributed by atoms with van der Waals surface area (Å²) < 4.78 is 16.1. The summed E-state index contributed by atoms with van der Waals surface area (Å²) in [6, 6.07) is 8.84. The Labute approximate surface area is 158 Å². The third-order valence-corrected chi connectivity index (χ3v) is 4.60. The fourth-order valence-electron chi connectivity index (χ4n) is 3.02. The molecule has 1 aliphatic heterocycles. The van der Waals surface area contributed by atoms with Crippen molar-refractivity contribution in [1.29, 1.82) is 0 Å². The number of hydrogen-bond donors (Lipinski definition) is 0. The second-order valence-electron chi connectivity index (χ2n) is 6.63. The Kier molecular flexibility index (Phi) is 5.60. The van der Waals surface area contributed by atoms with Crippen LogP contribution in [0.5, 0.6) is 0 Å². The topological polar surface area (TPSA) is 61.8 Å². The first-order valence-electron chi connectivity index (χ1n) is 8.78. The smallest absolute Gasteiger partial charge is 0.338 e. The maximum Gasteiger partial charge on any atom is 0.338 e. The highest BCUT2D eigenvalue weighted by Gasteiger charge is 2.39. The van der Waals surface area contributed by atoms with Gasteiger partial charge >= 0.3 is 5.97 Å². The molecule has 1 aliphatic carbocycles. The zero-order valence-electron chi connectivity index (χ0n) is 15.3. The number of carbonyl (C=O) groups excluding carboxylic acids is 2. The first kappa shape index (κ1) is 18.7. The summed E-state index contributed by atoms with van der Waals surface area (Å²) >= 11 is 0. The highest BCUT2D eigenvalue weighted by molar-refractivity contribution is 5.99. The Balaban J connectivity index is 1.67. The lowest BCUT2D eigenvalue weighted by Gasteiger charge is -2.28. The molecule has 5 nitrogen and oxygen atoms in total. The number of carbonyl (C=O) groups is 2. The second-order valence-corrected chi connectivity index (χ2v) is 6.63. The number of allylic oxidation sites excluding steroid dienone is 4. The largest absolute Gasteiger partial charge is 0.458 e. The Morgan fingerprint density at radius 2 is 1.96 bits per heavy atom. The van der Waals surface area contributed by atoms with Crippen LogP contribution in [0.25, 0.3) is 0 Å². The van der Waals surface area contributed by atoms with Gasteiger partial charge in [-0.25, -0.2) is 4.79 Å². The highest BCUT2D eigenvalue weighted by Crippen LogP contribution is 2.40. The van der Waals surface area contributed by atoms with E-state index in [4.69, 9.17) is 14.2 Å². The first-order valence-corrected chi connectivity index (χ1v) is 8.78. The predicted octanol–water partition coefficient (Wildman–Crippen LogP) is 4.10. The molecule has 0 spiro atoms. The van der Waals surface area contributed by atoms with Crippen molar-refractivity contribution < 1.29 is 23.8 Å². The molecule has 1 aromatic rings. The van der Waals surface area contributed by atoms with Gasteiger partial charge in [0, 0.05) is 6.08 Å². The summed E-state index contributed by atoms with van der Waals surface area (Å²) in [6.07, 6.45) is 7.90. The van der Waals surface area contributed by atoms with E-state index in [-0.39, 0.29) is 25.2 Å². The average Bonchev–Trinajstić information content (AvgIpc) is 3.12. The number of rotatable bonds is 7. The molecule has 2 aliphatic rings. The van der Waals surface area contributed by atoms with E-state index in [2.05, 4.69) is 6.58 Å². The molecule has 1 heterocycles. The lowest BCUT2D eigenvalue weighted by molar-refractivity contribution is -0.121. The third kappa shape index (κ3) is 4.19. The van der Waals surface area contributed by atoms with Crippen LogP contribution in [0.3, 0.4) is 0 Å². The van der Waals surface area contributed by atoms with Crippen molar-refractivity contribution >= 4 is 11.8 Å². The van der Waals surface area contributed by atoms with Gasteiger partial charge in [-0.3, -0.25) is 4.79 Å². The van der Waals surface area contributed by atoms with Crippen LogP contribution in [-0.4, -0.2) is 25.2 Å². The minimum atomic E-state index is -0.751. The van der Waals surface area contributed by atoms with Gasteiger partial charge in [-0.15, -0.1) is 6.58 Å². The van der Waals surface area contributed by atoms with E-state index in [0.717, 1.165) is 5.57 Å². The van der Waals surface area contributed by atoms with Crippen LogP contribution >= 0.6 is 0 Å². The second kappa shape index (κ2) is 8.08. The van der Waals surface area contributed by atoms with Gasteiger partial charge in [0.05, 0.1) is 11.0 Å². The van der Waals surface area contributed by atoms with Crippen molar-refractivity contribution in [3.63, 3.8) is 0 Å². The van der Waals surface area contributed by atoms with E-state index >= 15 is 0 Å². The van der Waals surface area contributed by atoms with Crippen molar-refractivity contribution in [2.24, 2.45) is 5.41 Å². The lowest BCUT2D eigenvalue weighted by atomic mass is 9.74. The molecule has 0 saturated carbocycles. The first-order chi connectivity index (χ1) is 13.0. The fourth-order valence-corrected chi connectivity index (χ4v) is 3.02. The van der Waals surface area contributed by atoms with Crippen molar-refractivity contribution in [3.05, 3.63) is 83.9 Å². The molecule has 27 heavy (non-hydrogen) atoms. The van der Waals surface area contributed by atoms with Gasteiger partial charge in [0.2, 0.25) is 6.79 Å². The van der Waals surface area contributed by atoms with Crippen molar-refractivity contribution in [1.82, 2.24) is 0 Å². The van der Waals surface area contributed by atoms with Crippen molar-refractivity contribution in [2.45, 2.75) is 19.8 Å². The molecule has 1 fully saturated rings. The number of ether oxygens (including phenoxy) is 3. The Morgan fingerprint density at radius 3 is 2.70 bits per heavy atom. The van der Waals surface area contributed by atoms with E-state index in [1.165, 1.54) is 6.08 Å². The molecule has 0 amide bonds. The molecular weight excluding hydrogens is 344 g/mol. The number of ketones is 1. The van der Waals surface area contributed by atoms with Crippen LogP contribution in [0, 0.1) is 5.41 Å². The fraction of sp³-hybridized carbons (Fsp3) is 0.273. The summed E-state index contributed by atoms with van der Waals surface area (Å²) in [6.45, 7) is 5.94. The molecule has 0 radical (unpaired) electrons. The minimum Gasteiger partial charge on any atom is -0.458 e. The molecule has 140 valence electrons. The molecule has 0 aromatic heterocycles. The minimum absolute atomic E-state index is 0.0445. The molecule has 5 heteroatoms. The Morgan fingerprint density at radius 1 is 1.22 bits per heavy atom. The summed E-state index contributed by atoms with van der Waals surface area (Å²) in [4.78, 5) is 24.7. The van der Waals surface area contributed by atoms with E-state index in [0.29, 0.717) is 29.9 Å². The Bertz CT molecular complexity index is 832. The van der Waals surface area contributed by atoms with Crippen molar-refractivity contribution in [2.75, 3.05) is 13.4 Å². The standard InChI is InChI=1S/C22H22O5/c1-3-10-22(13-19-18(12-20(22)23)26-15-27-19)11-9-16(2)14-25-21(24)17-7-5-4-6-8-17/h3-9,12-13H,1,10-11,14-15H2,2H3/b16-9-/t22-/m1/s1. The van der Waals surface area contributed by atoms with Gasteiger partial charge in [0.25, 0.3) is 0 Å². The summed E-state index contributed by atoms with van der Waals surface area (Å²) in [5, 5.41) is 0. The van der Waals surface area contributed by atoms with Gasteiger partial charge < -0.3 is 14.2 Å². The Hall–Kier alpha value is -3.08. The molecule has 0 unspecified atom stereocenters. The van der Waals surface area contributed by atoms with Gasteiger partial charge in [0.1, 0.15) is 6.61 Å². The molecule has 1 aromatic carbocycles. The summed E-state index contributed by atoms with van der Waals surface area (Å²) in [7, 11) is 0.